The van der Waals surface area contributed by atoms with Crippen LogP contribution in [0.3, 0.4) is 0 Å². The van der Waals surface area contributed by atoms with Crippen LogP contribution >= 0.6 is 0 Å². The number of aldehydes is 1. The molecule has 7 N–H and O–H groups in total. The molecule has 53 heavy (non-hydrogen) atoms. The van der Waals surface area contributed by atoms with Gasteiger partial charge in [-0.1, -0.05) is 20.3 Å². The minimum atomic E-state index is -1.24. The van der Waals surface area contributed by atoms with Crippen LogP contribution in [0.15, 0.2) is 12.2 Å². The second-order valence-corrected chi connectivity index (χ2v) is 10.5. The highest BCUT2D eigenvalue weighted by Crippen LogP contribution is 1.91. The number of rotatable bonds is 30. The minimum absolute atomic E-state index is 0.0103. The Hall–Kier alpha value is -4.99. The molecule has 7 amide bonds. The summed E-state index contributed by atoms with van der Waals surface area (Å²) in [7, 11) is 1.53. The van der Waals surface area contributed by atoms with Gasteiger partial charge in [0.05, 0.1) is 79.0 Å². The van der Waals surface area contributed by atoms with Crippen LogP contribution in [0.1, 0.15) is 33.1 Å². The van der Waals surface area contributed by atoms with E-state index in [9.17, 15) is 43.2 Å². The highest BCUT2D eigenvalue weighted by molar-refractivity contribution is 5.92. The molecule has 0 heterocycles. The third-order valence-electron chi connectivity index (χ3n) is 5.75. The van der Waals surface area contributed by atoms with Crippen molar-refractivity contribution in [2.45, 2.75) is 33.1 Å². The molecule has 0 atom stereocenters. The number of likely N-dealkylation sites (N-methyl/N-ethyl adjacent to an activating group) is 1. The van der Waals surface area contributed by atoms with E-state index in [0.717, 1.165) is 12.2 Å². The monoisotopic (exact) mass is 761 g/mol. The van der Waals surface area contributed by atoms with Crippen molar-refractivity contribution in [1.82, 2.24) is 36.8 Å². The van der Waals surface area contributed by atoms with Gasteiger partial charge in [-0.2, -0.15) is 0 Å². The first kappa shape index (κ1) is 50.1. The van der Waals surface area contributed by atoms with Gasteiger partial charge >= 0.3 is 5.97 Å². The van der Waals surface area contributed by atoms with Gasteiger partial charge in [0.25, 0.3) is 0 Å². The van der Waals surface area contributed by atoms with Crippen LogP contribution in [0.5, 0.6) is 0 Å². The molecule has 0 fully saturated rings. The first-order chi connectivity index (χ1) is 25.4. The molecule has 0 radical (unpaired) electrons. The van der Waals surface area contributed by atoms with Gasteiger partial charge in [0.2, 0.25) is 41.4 Å². The van der Waals surface area contributed by atoms with Crippen molar-refractivity contribution >= 4 is 53.6 Å². The van der Waals surface area contributed by atoms with Gasteiger partial charge in [-0.05, 0) is 6.08 Å². The number of hydrogen-bond acceptors (Lipinski definition) is 13. The number of nitrogens with one attached hydrogen (secondary N) is 6. The lowest BCUT2D eigenvalue weighted by atomic mass is 10.3. The molecule has 21 heteroatoms. The van der Waals surface area contributed by atoms with E-state index < -0.39 is 61.7 Å². The van der Waals surface area contributed by atoms with E-state index >= 15 is 0 Å². The van der Waals surface area contributed by atoms with Crippen molar-refractivity contribution in [1.29, 1.82) is 0 Å². The van der Waals surface area contributed by atoms with Crippen LogP contribution in [-0.4, -0.2) is 169 Å². The second kappa shape index (κ2) is 35.4. The topological polar surface area (TPSA) is 286 Å². The van der Waals surface area contributed by atoms with Gasteiger partial charge in [0.15, 0.2) is 0 Å². The fourth-order valence-electron chi connectivity index (χ4n) is 3.13. The molecule has 0 saturated heterocycles. The van der Waals surface area contributed by atoms with Gasteiger partial charge in [0, 0.05) is 39.1 Å². The first-order valence-corrected chi connectivity index (χ1v) is 16.9. The number of carboxylic acids is 1. The fraction of sp³-hybridized carbons (Fsp3) is 0.656. The third-order valence-corrected chi connectivity index (χ3v) is 5.75. The van der Waals surface area contributed by atoms with Gasteiger partial charge in [-0.25, -0.2) is 0 Å². The van der Waals surface area contributed by atoms with E-state index in [-0.39, 0.29) is 57.6 Å². The van der Waals surface area contributed by atoms with E-state index in [1.807, 2.05) is 5.32 Å². The summed E-state index contributed by atoms with van der Waals surface area (Å²) in [5.41, 5.74) is 0. The Bertz CT molecular complexity index is 1150. The number of carbonyl (C=O) groups excluding carboxylic acids is 8. The molecule has 0 spiro atoms. The lowest BCUT2D eigenvalue weighted by molar-refractivity contribution is -0.138. The zero-order valence-corrected chi connectivity index (χ0v) is 30.7. The van der Waals surface area contributed by atoms with Crippen molar-refractivity contribution in [3.63, 3.8) is 0 Å². The molecular formula is C32H55N7O14. The molecular weight excluding hydrogens is 706 g/mol. The van der Waals surface area contributed by atoms with Crippen molar-refractivity contribution in [3.8, 4) is 0 Å². The summed E-state index contributed by atoms with van der Waals surface area (Å²) >= 11 is 0. The Morgan fingerprint density at radius 2 is 0.925 bits per heavy atom. The van der Waals surface area contributed by atoms with E-state index in [0.29, 0.717) is 45.9 Å². The maximum Gasteiger partial charge on any atom is 0.322 e. The summed E-state index contributed by atoms with van der Waals surface area (Å²) in [6, 6.07) is 0. The summed E-state index contributed by atoms with van der Waals surface area (Å²) in [4.78, 5) is 104. The van der Waals surface area contributed by atoms with Crippen LogP contribution in [0.25, 0.3) is 0 Å². The third kappa shape index (κ3) is 36.6. The van der Waals surface area contributed by atoms with Crippen LogP contribution in [0.4, 0.5) is 0 Å². The highest BCUT2D eigenvalue weighted by Gasteiger charge is 2.11. The largest absolute Gasteiger partial charge is 0.480 e. The zero-order chi connectivity index (χ0) is 40.1. The molecule has 0 bridgehead atoms. The quantitative estimate of drug-likeness (QED) is 0.0210. The zero-order valence-electron chi connectivity index (χ0n) is 30.7. The van der Waals surface area contributed by atoms with Crippen molar-refractivity contribution in [2.24, 2.45) is 0 Å². The normalized spacial score (nSPS) is 10.2. The summed E-state index contributed by atoms with van der Waals surface area (Å²) in [5.74, 6) is -5.05. The molecule has 0 aromatic carbocycles. The first-order valence-electron chi connectivity index (χ1n) is 16.9. The molecule has 0 aromatic heterocycles. The number of carbonyl (C=O) groups is 9. The maximum atomic E-state index is 11.8. The Kier molecular flexibility index (Phi) is 33.5. The number of amides is 7. The number of aliphatic carboxylic acids is 1. The van der Waals surface area contributed by atoms with E-state index in [1.54, 1.807) is 0 Å². The molecule has 0 aliphatic carbocycles. The van der Waals surface area contributed by atoms with Gasteiger partial charge < -0.3 is 60.9 Å². The Balaban J connectivity index is 0. The molecule has 0 aliphatic heterocycles. The number of nitrogens with zero attached hydrogens (tertiary/aromatic N) is 1. The smallest absolute Gasteiger partial charge is 0.322 e. The average Bonchev–Trinajstić information content (AvgIpc) is 3.13. The second-order valence-electron chi connectivity index (χ2n) is 10.5. The SMILES string of the molecule is CCC.CN(CCC(=O)NCCOCCOCCOCCOCCC(=O)NCC(=O)NCC(=O)NCC(=O)NCC(=O)NCC(=O)O)C(=O)/C=C\C=O. The molecule has 0 rings (SSSR count). The molecule has 21 nitrogen and oxygen atoms in total. The maximum absolute atomic E-state index is 11.8. The number of carboxylic acid groups (broad SMARTS) is 1. The van der Waals surface area contributed by atoms with Crippen molar-refractivity contribution in [3.05, 3.63) is 12.2 Å². The van der Waals surface area contributed by atoms with Crippen LogP contribution in [0.2, 0.25) is 0 Å². The summed E-state index contributed by atoms with van der Waals surface area (Å²) in [5, 5.41) is 22.2. The molecule has 0 saturated carbocycles. The molecule has 302 valence electrons. The van der Waals surface area contributed by atoms with Crippen molar-refractivity contribution < 1.29 is 67.2 Å². The fourth-order valence-corrected chi connectivity index (χ4v) is 3.13. The van der Waals surface area contributed by atoms with E-state index in [4.69, 9.17) is 24.1 Å². The highest BCUT2D eigenvalue weighted by atomic mass is 16.6. The van der Waals surface area contributed by atoms with Gasteiger partial charge in [-0.3, -0.25) is 43.2 Å². The van der Waals surface area contributed by atoms with Crippen molar-refractivity contribution in [2.75, 3.05) is 106 Å². The standard InChI is InChI=1S/C29H47N7O14.C3H8/c1-36(28(44)3-2-8-37)7-4-22(38)30-6-10-48-12-14-50-16-15-49-13-11-47-9-5-23(39)31-17-24(40)32-18-25(41)33-19-26(42)34-20-27(43)35-21-29(45)46;1-3-2/h2-3,8H,4-7,9-21H2,1H3,(H,30,38)(H,31,39)(H,32,40)(H,33,41)(H,34,42)(H,35,43)(H,45,46);3H2,1-2H3/b3-2-;. The number of ether oxygens (including phenoxy) is 4. The Labute approximate surface area is 308 Å². The predicted molar refractivity (Wildman–Crippen MR) is 187 cm³/mol. The van der Waals surface area contributed by atoms with Crippen LogP contribution in [-0.2, 0) is 62.1 Å². The van der Waals surface area contributed by atoms with Crippen LogP contribution < -0.4 is 31.9 Å². The lowest BCUT2D eigenvalue weighted by Crippen LogP contribution is -2.46. The predicted octanol–water partition coefficient (Wildman–Crippen LogP) is -3.76. The average molecular weight is 762 g/mol. The Morgan fingerprint density at radius 1 is 0.547 bits per heavy atom. The van der Waals surface area contributed by atoms with E-state index in [1.165, 1.54) is 18.4 Å². The summed E-state index contributed by atoms with van der Waals surface area (Å²) < 4.78 is 21.4. The number of hydrogen-bond donors (Lipinski definition) is 7. The summed E-state index contributed by atoms with van der Waals surface area (Å²) in [6.45, 7) is 4.56. The van der Waals surface area contributed by atoms with E-state index in [2.05, 4.69) is 40.4 Å². The molecule has 0 aliphatic rings. The van der Waals surface area contributed by atoms with Gasteiger partial charge in [0.1, 0.15) is 12.8 Å². The molecule has 0 unspecified atom stereocenters. The molecule has 0 aromatic rings. The lowest BCUT2D eigenvalue weighted by Gasteiger charge is -2.14. The minimum Gasteiger partial charge on any atom is -0.480 e. The summed E-state index contributed by atoms with van der Waals surface area (Å²) in [6.07, 6.45) is 4.07. The number of allylic oxidation sites excluding steroid dienone is 1. The van der Waals surface area contributed by atoms with Crippen LogP contribution in [0, 0.1) is 0 Å². The Morgan fingerprint density at radius 3 is 1.36 bits per heavy atom. The van der Waals surface area contributed by atoms with Gasteiger partial charge in [-0.15, -0.1) is 0 Å².